The van der Waals surface area contributed by atoms with E-state index in [1.807, 2.05) is 0 Å². The number of nitrogens with zero attached hydrogens (tertiary/aromatic N) is 2. The molecule has 1 aliphatic carbocycles. The third-order valence-electron chi connectivity index (χ3n) is 5.57. The third kappa shape index (κ3) is 11.1. The molecule has 0 bridgehead atoms. The van der Waals surface area contributed by atoms with Gasteiger partial charge < -0.3 is 20.1 Å². The van der Waals surface area contributed by atoms with Gasteiger partial charge in [-0.25, -0.2) is 8.42 Å². The lowest BCUT2D eigenvalue weighted by molar-refractivity contribution is 0.00820. The molecule has 2 aliphatic rings. The van der Waals surface area contributed by atoms with Crippen molar-refractivity contribution < 1.29 is 17.9 Å². The maximum absolute atomic E-state index is 11.1. The van der Waals surface area contributed by atoms with Crippen LogP contribution in [0.15, 0.2) is 4.99 Å². The first-order valence-corrected chi connectivity index (χ1v) is 12.5. The van der Waals surface area contributed by atoms with Gasteiger partial charge in [0.25, 0.3) is 0 Å². The second kappa shape index (κ2) is 14.0. The van der Waals surface area contributed by atoms with Crippen LogP contribution >= 0.6 is 24.0 Å². The molecule has 0 spiro atoms. The summed E-state index contributed by atoms with van der Waals surface area (Å²) < 4.78 is 33.1. The number of guanidine groups is 1. The second-order valence-electron chi connectivity index (χ2n) is 8.04. The zero-order chi connectivity index (χ0) is 20.3. The summed E-state index contributed by atoms with van der Waals surface area (Å²) in [6, 6.07) is 0. The lowest BCUT2D eigenvalue weighted by Gasteiger charge is -2.42. The Morgan fingerprint density at radius 1 is 1.14 bits per heavy atom. The number of sulfone groups is 1. The molecule has 8 nitrogen and oxygen atoms in total. The number of ether oxygens (including phenoxy) is 2. The first kappa shape index (κ1) is 26.9. The van der Waals surface area contributed by atoms with Crippen LogP contribution in [0, 0.1) is 5.41 Å². The van der Waals surface area contributed by atoms with Gasteiger partial charge >= 0.3 is 0 Å². The molecule has 1 saturated heterocycles. The van der Waals surface area contributed by atoms with Crippen LogP contribution in [-0.4, -0.2) is 97.5 Å². The largest absolute Gasteiger partial charge is 0.379 e. The Morgan fingerprint density at radius 2 is 1.83 bits per heavy atom. The van der Waals surface area contributed by atoms with Gasteiger partial charge in [0.2, 0.25) is 0 Å². The molecule has 0 atom stereocenters. The van der Waals surface area contributed by atoms with Crippen molar-refractivity contribution in [3.05, 3.63) is 0 Å². The molecule has 1 saturated carbocycles. The Kier molecular flexibility index (Phi) is 13.0. The topological polar surface area (TPSA) is 92.3 Å². The minimum atomic E-state index is -2.97. The van der Waals surface area contributed by atoms with Crippen molar-refractivity contribution in [2.45, 2.75) is 32.1 Å². The number of morpholine rings is 1. The molecule has 0 amide bonds. The highest BCUT2D eigenvalue weighted by Gasteiger charge is 2.34. The number of aliphatic imine (C=N–C) groups is 1. The molecule has 0 aromatic carbocycles. The monoisotopic (exact) mass is 546 g/mol. The van der Waals surface area contributed by atoms with Crippen molar-refractivity contribution in [2.24, 2.45) is 10.4 Å². The molecule has 2 rings (SSSR count). The fourth-order valence-electron chi connectivity index (χ4n) is 3.97. The fraction of sp³-hybridized carbons (Fsp3) is 0.947. The second-order valence-corrected chi connectivity index (χ2v) is 10.3. The van der Waals surface area contributed by atoms with Gasteiger partial charge in [-0.3, -0.25) is 9.89 Å². The number of halogens is 1. The molecular formula is C19H39IN4O4S. The lowest BCUT2D eigenvalue weighted by atomic mass is 9.73. The van der Waals surface area contributed by atoms with Crippen molar-refractivity contribution in [1.29, 1.82) is 0 Å². The lowest BCUT2D eigenvalue weighted by Crippen LogP contribution is -2.51. The summed E-state index contributed by atoms with van der Waals surface area (Å²) in [5.41, 5.74) is 0.291. The van der Waals surface area contributed by atoms with Crippen molar-refractivity contribution >= 4 is 39.8 Å². The van der Waals surface area contributed by atoms with Crippen LogP contribution in [0.3, 0.4) is 0 Å². The first-order valence-electron chi connectivity index (χ1n) is 10.4. The van der Waals surface area contributed by atoms with Crippen LogP contribution in [0.25, 0.3) is 0 Å². The van der Waals surface area contributed by atoms with Gasteiger partial charge in [0, 0.05) is 51.4 Å². The smallest absolute Gasteiger partial charge is 0.191 e. The quantitative estimate of drug-likeness (QED) is 0.184. The zero-order valence-electron chi connectivity index (χ0n) is 18.0. The number of nitrogens with one attached hydrogen (secondary N) is 2. The zero-order valence-corrected chi connectivity index (χ0v) is 21.1. The summed E-state index contributed by atoms with van der Waals surface area (Å²) in [7, 11) is -1.19. The molecule has 172 valence electrons. The van der Waals surface area contributed by atoms with Gasteiger partial charge in [0.15, 0.2) is 5.96 Å². The summed E-state index contributed by atoms with van der Waals surface area (Å²) in [6.07, 6.45) is 7.66. The third-order valence-corrected chi connectivity index (χ3v) is 6.48. The Bertz CT molecular complexity index is 577. The molecule has 0 radical (unpaired) electrons. The van der Waals surface area contributed by atoms with E-state index in [-0.39, 0.29) is 36.3 Å². The van der Waals surface area contributed by atoms with E-state index in [0.29, 0.717) is 18.6 Å². The minimum absolute atomic E-state index is 0. The molecule has 0 aromatic heterocycles. The number of rotatable bonds is 10. The van der Waals surface area contributed by atoms with E-state index in [1.54, 1.807) is 7.05 Å². The van der Waals surface area contributed by atoms with Gasteiger partial charge in [-0.05, 0) is 12.8 Å². The van der Waals surface area contributed by atoms with Gasteiger partial charge in [0.05, 0.1) is 32.2 Å². The van der Waals surface area contributed by atoms with Crippen LogP contribution in [0.4, 0.5) is 0 Å². The predicted molar refractivity (Wildman–Crippen MR) is 128 cm³/mol. The van der Waals surface area contributed by atoms with Crippen LogP contribution in [0.1, 0.15) is 32.1 Å². The molecular weight excluding hydrogens is 507 g/mol. The first-order chi connectivity index (χ1) is 13.4. The minimum Gasteiger partial charge on any atom is -0.379 e. The highest BCUT2D eigenvalue weighted by Crippen LogP contribution is 2.36. The maximum atomic E-state index is 11.1. The van der Waals surface area contributed by atoms with Gasteiger partial charge in [0.1, 0.15) is 9.84 Å². The van der Waals surface area contributed by atoms with Gasteiger partial charge in [-0.2, -0.15) is 0 Å². The van der Waals surface area contributed by atoms with E-state index in [0.717, 1.165) is 45.4 Å². The van der Waals surface area contributed by atoms with Crippen molar-refractivity contribution in [3.8, 4) is 0 Å². The van der Waals surface area contributed by atoms with Gasteiger partial charge in [-0.15, -0.1) is 24.0 Å². The van der Waals surface area contributed by atoms with E-state index in [9.17, 15) is 8.42 Å². The average Bonchev–Trinajstić information content (AvgIpc) is 2.67. The van der Waals surface area contributed by atoms with E-state index in [4.69, 9.17) is 9.47 Å². The maximum Gasteiger partial charge on any atom is 0.191 e. The van der Waals surface area contributed by atoms with Crippen LogP contribution in [-0.2, 0) is 19.3 Å². The highest BCUT2D eigenvalue weighted by atomic mass is 127. The molecule has 0 unspecified atom stereocenters. The Morgan fingerprint density at radius 3 is 2.45 bits per heavy atom. The molecule has 2 N–H and O–H groups in total. The normalized spacial score (nSPS) is 20.7. The van der Waals surface area contributed by atoms with Gasteiger partial charge in [-0.1, -0.05) is 19.3 Å². The number of hydrogen-bond donors (Lipinski definition) is 2. The number of hydrogen-bond acceptors (Lipinski definition) is 6. The molecule has 1 heterocycles. The van der Waals surface area contributed by atoms with Crippen molar-refractivity contribution in [2.75, 3.05) is 78.2 Å². The Hall–Kier alpha value is -0.170. The summed E-state index contributed by atoms with van der Waals surface area (Å²) >= 11 is 0. The summed E-state index contributed by atoms with van der Waals surface area (Å²) in [4.78, 5) is 6.86. The predicted octanol–water partition coefficient (Wildman–Crippen LogP) is 1.11. The van der Waals surface area contributed by atoms with Crippen LogP contribution < -0.4 is 10.6 Å². The van der Waals surface area contributed by atoms with Crippen LogP contribution in [0.2, 0.25) is 0 Å². The summed E-state index contributed by atoms with van der Waals surface area (Å²) in [5, 5.41) is 6.77. The Labute approximate surface area is 193 Å². The van der Waals surface area contributed by atoms with Crippen LogP contribution in [0.5, 0.6) is 0 Å². The molecule has 2 fully saturated rings. The molecule has 0 aromatic rings. The van der Waals surface area contributed by atoms with Crippen molar-refractivity contribution in [1.82, 2.24) is 15.5 Å². The SMILES string of the molecule is CN=C(NCCOCCS(C)(=O)=O)NCC1(CN2CCOCC2)CCCCC1.I. The molecule has 29 heavy (non-hydrogen) atoms. The summed E-state index contributed by atoms with van der Waals surface area (Å²) in [6.45, 7) is 7.05. The van der Waals surface area contributed by atoms with E-state index in [2.05, 4.69) is 20.5 Å². The summed E-state index contributed by atoms with van der Waals surface area (Å²) in [5.74, 6) is 0.836. The fourth-order valence-corrected chi connectivity index (χ4v) is 4.39. The van der Waals surface area contributed by atoms with Crippen molar-refractivity contribution in [3.63, 3.8) is 0 Å². The van der Waals surface area contributed by atoms with E-state index >= 15 is 0 Å². The van der Waals surface area contributed by atoms with E-state index < -0.39 is 9.84 Å². The highest BCUT2D eigenvalue weighted by molar-refractivity contribution is 14.0. The molecule has 1 aliphatic heterocycles. The standard InChI is InChI=1S/C19H38N4O4S.HI/c1-20-18(21-8-11-26-14-15-28(2,24)25)22-16-19(6-4-3-5-7-19)17-23-9-12-27-13-10-23;/h3-17H2,1-2H3,(H2,20,21,22);1H. The Balaban J connectivity index is 0.00000420. The van der Waals surface area contributed by atoms with E-state index in [1.165, 1.54) is 38.4 Å². The average molecular weight is 547 g/mol. The molecule has 10 heteroatoms.